The van der Waals surface area contributed by atoms with Crippen molar-refractivity contribution in [2.75, 3.05) is 19.7 Å². The summed E-state index contributed by atoms with van der Waals surface area (Å²) >= 11 is 0. The topological polar surface area (TPSA) is 81.9 Å². The zero-order chi connectivity index (χ0) is 11.3. The number of allylic oxidation sites excluding steroid dienone is 1. The Hall–Kier alpha value is -1.36. The fourth-order valence-electron chi connectivity index (χ4n) is 1.77. The van der Waals surface area contributed by atoms with Crippen molar-refractivity contribution in [2.45, 2.75) is 12.8 Å². The van der Waals surface area contributed by atoms with E-state index in [9.17, 15) is 9.90 Å². The summed E-state index contributed by atoms with van der Waals surface area (Å²) in [5.41, 5.74) is -1.13. The quantitative estimate of drug-likeness (QED) is 0.542. The van der Waals surface area contributed by atoms with E-state index in [1.54, 1.807) is 6.08 Å². The zero-order valence-corrected chi connectivity index (χ0v) is 8.57. The third kappa shape index (κ3) is 2.18. The molecule has 1 aliphatic rings. The van der Waals surface area contributed by atoms with Gasteiger partial charge >= 0.3 is 5.97 Å². The van der Waals surface area contributed by atoms with Crippen molar-refractivity contribution < 1.29 is 15.0 Å². The highest BCUT2D eigenvalue weighted by atomic mass is 16.4. The van der Waals surface area contributed by atoms with Crippen LogP contribution in [0.3, 0.4) is 0 Å². The van der Waals surface area contributed by atoms with E-state index in [1.807, 2.05) is 0 Å². The summed E-state index contributed by atoms with van der Waals surface area (Å²) in [6, 6.07) is 0. The third-order valence-electron chi connectivity index (χ3n) is 2.57. The maximum Gasteiger partial charge on any atom is 0.317 e. The number of carboxylic acids is 1. The normalized spacial score (nSPS) is 18.9. The zero-order valence-electron chi connectivity index (χ0n) is 8.57. The van der Waals surface area contributed by atoms with Crippen molar-refractivity contribution in [1.29, 1.82) is 0 Å². The molecule has 1 atom stereocenters. The van der Waals surface area contributed by atoms with Crippen LogP contribution < -0.4 is 5.32 Å². The largest absolute Gasteiger partial charge is 0.480 e. The Morgan fingerprint density at radius 3 is 2.87 bits per heavy atom. The predicted octanol–water partition coefficient (Wildman–Crippen LogP) is 0.0176. The lowest BCUT2D eigenvalue weighted by Gasteiger charge is -2.27. The summed E-state index contributed by atoms with van der Waals surface area (Å²) in [6.45, 7) is 4.62. The van der Waals surface area contributed by atoms with Gasteiger partial charge in [-0.2, -0.15) is 0 Å². The number of carboxylic acid groups (broad SMARTS) is 1. The van der Waals surface area contributed by atoms with Gasteiger partial charge in [0.25, 0.3) is 0 Å². The SMILES string of the molecule is C=CCC(CCO)(C(=O)O)C1=NCCN1. The monoisotopic (exact) mass is 212 g/mol. The van der Waals surface area contributed by atoms with Crippen molar-refractivity contribution in [3.63, 3.8) is 0 Å². The standard InChI is InChI=1S/C10H16N2O3/c1-2-3-10(4-7-13,9(14)15)8-11-5-6-12-8/h2,13H,1,3-7H2,(H,11,12)(H,14,15). The molecule has 5 heteroatoms. The van der Waals surface area contributed by atoms with Gasteiger partial charge < -0.3 is 15.5 Å². The van der Waals surface area contributed by atoms with E-state index in [0.29, 0.717) is 18.9 Å². The molecule has 84 valence electrons. The molecule has 3 N–H and O–H groups in total. The number of carbonyl (C=O) groups is 1. The number of nitrogens with one attached hydrogen (secondary N) is 1. The highest BCUT2D eigenvalue weighted by Gasteiger charge is 2.43. The number of aliphatic carboxylic acids is 1. The Labute approximate surface area is 88.5 Å². The minimum Gasteiger partial charge on any atom is -0.480 e. The number of hydrogen-bond acceptors (Lipinski definition) is 4. The molecule has 0 aromatic rings. The van der Waals surface area contributed by atoms with Crippen LogP contribution in [-0.4, -0.2) is 41.7 Å². The summed E-state index contributed by atoms with van der Waals surface area (Å²) in [6.07, 6.45) is 1.97. The van der Waals surface area contributed by atoms with Crippen molar-refractivity contribution >= 4 is 11.8 Å². The Kier molecular flexibility index (Phi) is 3.85. The smallest absolute Gasteiger partial charge is 0.317 e. The fraction of sp³-hybridized carbons (Fsp3) is 0.600. The molecule has 0 bridgehead atoms. The van der Waals surface area contributed by atoms with Crippen molar-refractivity contribution in [2.24, 2.45) is 10.4 Å². The maximum atomic E-state index is 11.3. The van der Waals surface area contributed by atoms with Crippen LogP contribution in [0.15, 0.2) is 17.6 Å². The summed E-state index contributed by atoms with van der Waals surface area (Å²) in [5, 5.41) is 21.2. The number of aliphatic hydroxyl groups is 1. The summed E-state index contributed by atoms with van der Waals surface area (Å²) in [4.78, 5) is 15.4. The van der Waals surface area contributed by atoms with E-state index in [-0.39, 0.29) is 19.4 Å². The molecule has 0 spiro atoms. The second kappa shape index (κ2) is 4.93. The van der Waals surface area contributed by atoms with Gasteiger partial charge in [-0.15, -0.1) is 6.58 Å². The first-order valence-corrected chi connectivity index (χ1v) is 4.91. The Balaban J connectivity index is 2.99. The number of amidine groups is 1. The van der Waals surface area contributed by atoms with Crippen LogP contribution >= 0.6 is 0 Å². The molecule has 0 aromatic carbocycles. The van der Waals surface area contributed by atoms with Gasteiger partial charge in [0.1, 0.15) is 11.3 Å². The van der Waals surface area contributed by atoms with E-state index in [2.05, 4.69) is 16.9 Å². The third-order valence-corrected chi connectivity index (χ3v) is 2.57. The molecule has 0 saturated heterocycles. The molecule has 1 unspecified atom stereocenters. The molecular weight excluding hydrogens is 196 g/mol. The molecule has 15 heavy (non-hydrogen) atoms. The Bertz CT molecular complexity index is 288. The molecule has 1 heterocycles. The molecule has 0 radical (unpaired) electrons. The highest BCUT2D eigenvalue weighted by molar-refractivity contribution is 6.05. The van der Waals surface area contributed by atoms with Gasteiger partial charge in [0.15, 0.2) is 0 Å². The van der Waals surface area contributed by atoms with Crippen molar-refractivity contribution in [3.05, 3.63) is 12.7 Å². The van der Waals surface area contributed by atoms with Gasteiger partial charge in [-0.05, 0) is 12.8 Å². The molecule has 1 rings (SSSR count). The Morgan fingerprint density at radius 1 is 1.73 bits per heavy atom. The number of rotatable bonds is 6. The van der Waals surface area contributed by atoms with Crippen LogP contribution in [-0.2, 0) is 4.79 Å². The number of hydrogen-bond donors (Lipinski definition) is 3. The van der Waals surface area contributed by atoms with E-state index in [0.717, 1.165) is 0 Å². The van der Waals surface area contributed by atoms with E-state index in [4.69, 9.17) is 5.11 Å². The predicted molar refractivity (Wildman–Crippen MR) is 56.9 cm³/mol. The van der Waals surface area contributed by atoms with Crippen LogP contribution in [0.1, 0.15) is 12.8 Å². The van der Waals surface area contributed by atoms with Crippen LogP contribution in [0, 0.1) is 5.41 Å². The lowest BCUT2D eigenvalue weighted by molar-refractivity contribution is -0.145. The van der Waals surface area contributed by atoms with Gasteiger partial charge in [-0.25, -0.2) is 0 Å². The molecular formula is C10H16N2O3. The maximum absolute atomic E-state index is 11.3. The first-order valence-electron chi connectivity index (χ1n) is 4.91. The molecule has 0 amide bonds. The fourth-order valence-corrected chi connectivity index (χ4v) is 1.77. The minimum absolute atomic E-state index is 0.153. The number of aliphatic hydroxyl groups excluding tert-OH is 1. The summed E-state index contributed by atoms with van der Waals surface area (Å²) in [5.74, 6) is -0.506. The van der Waals surface area contributed by atoms with E-state index in [1.165, 1.54) is 0 Å². The summed E-state index contributed by atoms with van der Waals surface area (Å²) < 4.78 is 0. The minimum atomic E-state index is -1.13. The molecule has 0 saturated carbocycles. The molecule has 5 nitrogen and oxygen atoms in total. The van der Waals surface area contributed by atoms with E-state index < -0.39 is 11.4 Å². The molecule has 0 aliphatic carbocycles. The lowest BCUT2D eigenvalue weighted by atomic mass is 9.80. The van der Waals surface area contributed by atoms with Gasteiger partial charge in [0.2, 0.25) is 0 Å². The highest BCUT2D eigenvalue weighted by Crippen LogP contribution is 2.29. The van der Waals surface area contributed by atoms with Crippen molar-refractivity contribution in [1.82, 2.24) is 5.32 Å². The number of aliphatic imine (C=N–C) groups is 1. The second-order valence-corrected chi connectivity index (χ2v) is 3.51. The lowest BCUT2D eigenvalue weighted by Crippen LogP contribution is -2.45. The van der Waals surface area contributed by atoms with Gasteiger partial charge in [0.05, 0.1) is 6.54 Å². The second-order valence-electron chi connectivity index (χ2n) is 3.51. The summed E-state index contributed by atoms with van der Waals surface area (Å²) in [7, 11) is 0. The van der Waals surface area contributed by atoms with Gasteiger partial charge in [-0.1, -0.05) is 6.08 Å². The first kappa shape index (κ1) is 11.7. The van der Waals surface area contributed by atoms with Crippen molar-refractivity contribution in [3.8, 4) is 0 Å². The van der Waals surface area contributed by atoms with Crippen LogP contribution in [0.4, 0.5) is 0 Å². The molecule has 0 aromatic heterocycles. The molecule has 1 aliphatic heterocycles. The average Bonchev–Trinajstić information content (AvgIpc) is 2.70. The average molecular weight is 212 g/mol. The Morgan fingerprint density at radius 2 is 2.47 bits per heavy atom. The van der Waals surface area contributed by atoms with Crippen LogP contribution in [0.25, 0.3) is 0 Å². The van der Waals surface area contributed by atoms with Crippen LogP contribution in [0.5, 0.6) is 0 Å². The first-order chi connectivity index (χ1) is 7.17. The van der Waals surface area contributed by atoms with Crippen LogP contribution in [0.2, 0.25) is 0 Å². The number of nitrogens with zero attached hydrogens (tertiary/aromatic N) is 1. The van der Waals surface area contributed by atoms with E-state index >= 15 is 0 Å². The molecule has 0 fully saturated rings. The van der Waals surface area contributed by atoms with Gasteiger partial charge in [-0.3, -0.25) is 9.79 Å². The van der Waals surface area contributed by atoms with Gasteiger partial charge in [0, 0.05) is 13.2 Å².